The van der Waals surface area contributed by atoms with E-state index in [-0.39, 0.29) is 11.3 Å². The van der Waals surface area contributed by atoms with Gasteiger partial charge >= 0.3 is 5.97 Å². The van der Waals surface area contributed by atoms with Gasteiger partial charge in [-0.3, -0.25) is 0 Å². The summed E-state index contributed by atoms with van der Waals surface area (Å²) in [6.45, 7) is 0. The topological polar surface area (TPSA) is 55.8 Å². The summed E-state index contributed by atoms with van der Waals surface area (Å²) in [5.41, 5.74) is 0.171. The highest BCUT2D eigenvalue weighted by molar-refractivity contribution is 6.19. The molecule has 0 aromatic heterocycles. The number of hydrogen-bond acceptors (Lipinski definition) is 4. The smallest absolute Gasteiger partial charge is 0.343 e. The number of rotatable bonds is 2. The van der Waals surface area contributed by atoms with Crippen molar-refractivity contribution >= 4 is 11.5 Å². The molecular formula is C14H14O4. The van der Waals surface area contributed by atoms with Crippen LogP contribution in [0.2, 0.25) is 0 Å². The highest BCUT2D eigenvalue weighted by Gasteiger charge is 2.52. The normalized spacial score (nSPS) is 20.8. The van der Waals surface area contributed by atoms with E-state index in [0.29, 0.717) is 24.2 Å². The van der Waals surface area contributed by atoms with Gasteiger partial charge in [0.2, 0.25) is 0 Å². The Morgan fingerprint density at radius 1 is 1.39 bits per heavy atom. The van der Waals surface area contributed by atoms with E-state index in [0.717, 1.165) is 6.42 Å². The van der Waals surface area contributed by atoms with Crippen molar-refractivity contribution < 1.29 is 19.4 Å². The maximum Gasteiger partial charge on any atom is 0.343 e. The van der Waals surface area contributed by atoms with Gasteiger partial charge in [-0.15, -0.1) is 0 Å². The molecule has 4 nitrogen and oxygen atoms in total. The maximum atomic E-state index is 11.9. The first-order valence-corrected chi connectivity index (χ1v) is 5.98. The summed E-state index contributed by atoms with van der Waals surface area (Å²) in [5, 5.41) is 10.2. The molecule has 1 N–H and O–H groups in total. The predicted molar refractivity (Wildman–Crippen MR) is 65.2 cm³/mol. The zero-order valence-corrected chi connectivity index (χ0v) is 10.1. The van der Waals surface area contributed by atoms with Crippen LogP contribution in [-0.2, 0) is 9.53 Å². The van der Waals surface area contributed by atoms with Crippen LogP contribution in [0, 0.1) is 0 Å². The van der Waals surface area contributed by atoms with E-state index in [1.54, 1.807) is 31.4 Å². The number of carbonyl (C=O) groups is 1. The van der Waals surface area contributed by atoms with Crippen molar-refractivity contribution in [3.63, 3.8) is 0 Å². The fraction of sp³-hybridized carbons (Fsp3) is 0.357. The number of methoxy groups -OCH3 is 1. The van der Waals surface area contributed by atoms with Crippen molar-refractivity contribution in [1.82, 2.24) is 0 Å². The lowest BCUT2D eigenvalue weighted by molar-refractivity contribution is -0.154. The van der Waals surface area contributed by atoms with Crippen LogP contribution in [-0.4, -0.2) is 23.8 Å². The first kappa shape index (κ1) is 11.1. The Hall–Kier alpha value is -1.97. The number of aliphatic hydroxyl groups is 1. The molecule has 1 saturated carbocycles. The molecule has 1 aromatic carbocycles. The molecule has 1 fully saturated rings. The van der Waals surface area contributed by atoms with Crippen LogP contribution in [0.4, 0.5) is 0 Å². The Morgan fingerprint density at radius 3 is 2.72 bits per heavy atom. The molecule has 0 radical (unpaired) electrons. The zero-order chi connectivity index (χ0) is 12.8. The Balaban J connectivity index is 2.06. The lowest BCUT2D eigenvalue weighted by Crippen LogP contribution is -2.39. The number of aliphatic hydroxyl groups excluding tert-OH is 1. The Bertz CT molecular complexity index is 540. The van der Waals surface area contributed by atoms with Gasteiger partial charge in [0.15, 0.2) is 11.4 Å². The monoisotopic (exact) mass is 246 g/mol. The minimum absolute atomic E-state index is 0.0759. The first-order chi connectivity index (χ1) is 8.66. The molecule has 0 unspecified atom stereocenters. The Kier molecular flexibility index (Phi) is 2.33. The van der Waals surface area contributed by atoms with Gasteiger partial charge in [-0.05, 0) is 37.0 Å². The van der Waals surface area contributed by atoms with Gasteiger partial charge in [0.05, 0.1) is 7.11 Å². The van der Waals surface area contributed by atoms with Gasteiger partial charge in [-0.25, -0.2) is 4.79 Å². The van der Waals surface area contributed by atoms with Crippen molar-refractivity contribution in [1.29, 1.82) is 0 Å². The van der Waals surface area contributed by atoms with Crippen molar-refractivity contribution in [2.45, 2.75) is 24.9 Å². The first-order valence-electron chi connectivity index (χ1n) is 5.98. The van der Waals surface area contributed by atoms with Gasteiger partial charge in [0, 0.05) is 0 Å². The summed E-state index contributed by atoms with van der Waals surface area (Å²) >= 11 is 0. The van der Waals surface area contributed by atoms with Gasteiger partial charge in [-0.1, -0.05) is 12.1 Å². The molecule has 0 atom stereocenters. The molecule has 3 rings (SSSR count). The number of benzene rings is 1. The summed E-state index contributed by atoms with van der Waals surface area (Å²) in [7, 11) is 1.56. The highest BCUT2D eigenvalue weighted by Crippen LogP contribution is 2.48. The molecule has 2 aliphatic rings. The Labute approximate surface area is 105 Å². The predicted octanol–water partition coefficient (Wildman–Crippen LogP) is 2.44. The lowest BCUT2D eigenvalue weighted by atomic mass is 9.78. The number of ether oxygens (including phenoxy) is 2. The SMILES string of the molecule is COc1cccc(C2=C(O)C3(CCC3)OC2=O)c1. The molecular weight excluding hydrogens is 232 g/mol. The molecule has 1 aliphatic heterocycles. The minimum Gasteiger partial charge on any atom is -0.507 e. The number of hydrogen-bond donors (Lipinski definition) is 1. The molecule has 1 spiro atoms. The van der Waals surface area contributed by atoms with Gasteiger partial charge < -0.3 is 14.6 Å². The summed E-state index contributed by atoms with van der Waals surface area (Å²) in [6, 6.07) is 7.07. The maximum absolute atomic E-state index is 11.9. The van der Waals surface area contributed by atoms with Gasteiger partial charge in [0.1, 0.15) is 11.3 Å². The minimum atomic E-state index is -0.741. The molecule has 0 amide bonds. The third-order valence-corrected chi connectivity index (χ3v) is 3.68. The van der Waals surface area contributed by atoms with E-state index in [1.807, 2.05) is 0 Å². The van der Waals surface area contributed by atoms with Crippen molar-refractivity contribution in [2.75, 3.05) is 7.11 Å². The molecule has 1 aromatic rings. The summed E-state index contributed by atoms with van der Waals surface area (Å²) in [4.78, 5) is 11.9. The second-order valence-electron chi connectivity index (χ2n) is 4.69. The molecule has 4 heteroatoms. The lowest BCUT2D eigenvalue weighted by Gasteiger charge is -2.36. The molecule has 0 saturated heterocycles. The van der Waals surface area contributed by atoms with Crippen LogP contribution in [0.1, 0.15) is 24.8 Å². The van der Waals surface area contributed by atoms with Crippen LogP contribution in [0.3, 0.4) is 0 Å². The van der Waals surface area contributed by atoms with E-state index in [2.05, 4.69) is 0 Å². The third-order valence-electron chi connectivity index (χ3n) is 3.68. The molecule has 94 valence electrons. The second kappa shape index (κ2) is 3.77. The second-order valence-corrected chi connectivity index (χ2v) is 4.69. The van der Waals surface area contributed by atoms with Crippen LogP contribution in [0.5, 0.6) is 5.75 Å². The van der Waals surface area contributed by atoms with Crippen LogP contribution < -0.4 is 4.74 Å². The molecule has 1 aliphatic carbocycles. The van der Waals surface area contributed by atoms with E-state index >= 15 is 0 Å². The highest BCUT2D eigenvalue weighted by atomic mass is 16.6. The van der Waals surface area contributed by atoms with Crippen LogP contribution >= 0.6 is 0 Å². The molecule has 18 heavy (non-hydrogen) atoms. The van der Waals surface area contributed by atoms with Gasteiger partial charge in [0.25, 0.3) is 0 Å². The summed E-state index contributed by atoms with van der Waals surface area (Å²) < 4.78 is 10.5. The van der Waals surface area contributed by atoms with E-state index in [4.69, 9.17) is 9.47 Å². The largest absolute Gasteiger partial charge is 0.507 e. The van der Waals surface area contributed by atoms with Crippen LogP contribution in [0.25, 0.3) is 5.57 Å². The van der Waals surface area contributed by atoms with Crippen LogP contribution in [0.15, 0.2) is 30.0 Å². The summed E-state index contributed by atoms with van der Waals surface area (Å²) in [5.74, 6) is 0.280. The molecule has 1 heterocycles. The molecule has 0 bridgehead atoms. The quantitative estimate of drug-likeness (QED) is 0.814. The number of carbonyl (C=O) groups excluding carboxylic acids is 1. The third kappa shape index (κ3) is 1.41. The van der Waals surface area contributed by atoms with E-state index in [9.17, 15) is 9.90 Å². The van der Waals surface area contributed by atoms with Crippen molar-refractivity contribution in [3.8, 4) is 5.75 Å². The number of esters is 1. The average molecular weight is 246 g/mol. The zero-order valence-electron chi connectivity index (χ0n) is 10.1. The summed E-state index contributed by atoms with van der Waals surface area (Å²) in [6.07, 6.45) is 2.39. The fourth-order valence-corrected chi connectivity index (χ4v) is 2.47. The average Bonchev–Trinajstić information content (AvgIpc) is 2.61. The standard InChI is InChI=1S/C14H14O4/c1-17-10-5-2-4-9(8-10)11-12(15)14(6-3-7-14)18-13(11)16/h2,4-5,8,15H,3,6-7H2,1H3. The fourth-order valence-electron chi connectivity index (χ4n) is 2.47. The van der Waals surface area contributed by atoms with Crippen molar-refractivity contribution in [3.05, 3.63) is 35.6 Å². The van der Waals surface area contributed by atoms with Gasteiger partial charge in [-0.2, -0.15) is 0 Å². The van der Waals surface area contributed by atoms with E-state index in [1.165, 1.54) is 0 Å². The van der Waals surface area contributed by atoms with E-state index < -0.39 is 11.6 Å². The van der Waals surface area contributed by atoms with Crippen molar-refractivity contribution in [2.24, 2.45) is 0 Å². The Morgan fingerprint density at radius 2 is 2.17 bits per heavy atom.